The summed E-state index contributed by atoms with van der Waals surface area (Å²) in [5, 5.41) is 0.205. The van der Waals surface area contributed by atoms with Gasteiger partial charge in [0.05, 0.1) is 17.2 Å². The fourth-order valence-electron chi connectivity index (χ4n) is 1.03. The van der Waals surface area contributed by atoms with E-state index in [4.69, 9.17) is 39.5 Å². The highest BCUT2D eigenvalue weighted by Gasteiger charge is 2.06. The lowest BCUT2D eigenvalue weighted by Gasteiger charge is -2.06. The van der Waals surface area contributed by atoms with Crippen LogP contribution in [-0.2, 0) is 4.79 Å². The van der Waals surface area contributed by atoms with Crippen LogP contribution >= 0.6 is 34.8 Å². The molecule has 0 aliphatic carbocycles. The normalized spacial score (nSPS) is 10.7. The van der Waals surface area contributed by atoms with Gasteiger partial charge in [0.25, 0.3) is 0 Å². The Balaban J connectivity index is 3.09. The van der Waals surface area contributed by atoms with Gasteiger partial charge < -0.3 is 4.74 Å². The summed E-state index contributed by atoms with van der Waals surface area (Å²) in [4.78, 5) is 10.5. The molecule has 0 N–H and O–H groups in total. The second-order valence-corrected chi connectivity index (χ2v) is 3.84. The van der Waals surface area contributed by atoms with E-state index >= 15 is 0 Å². The number of carbonyl (C=O) groups excluding carboxylic acids is 1. The largest absolute Gasteiger partial charge is 0.494 e. The molecule has 0 radical (unpaired) electrons. The molecule has 0 saturated heterocycles. The lowest BCUT2D eigenvalue weighted by atomic mass is 10.2. The van der Waals surface area contributed by atoms with Crippen molar-refractivity contribution in [2.45, 2.75) is 0 Å². The van der Waals surface area contributed by atoms with Crippen molar-refractivity contribution >= 4 is 46.1 Å². The van der Waals surface area contributed by atoms with Crippen molar-refractivity contribution in [3.63, 3.8) is 0 Å². The highest BCUT2D eigenvalue weighted by Crippen LogP contribution is 2.34. The first kappa shape index (κ1) is 12.4. The maximum Gasteiger partial charge on any atom is 0.245 e. The molecule has 0 spiro atoms. The first-order valence-electron chi connectivity index (χ1n) is 3.95. The minimum Gasteiger partial charge on any atom is -0.494 e. The summed E-state index contributed by atoms with van der Waals surface area (Å²) < 4.78 is 4.98. The van der Waals surface area contributed by atoms with E-state index in [0.29, 0.717) is 21.4 Å². The number of hydrogen-bond donors (Lipinski definition) is 0. The lowest BCUT2D eigenvalue weighted by molar-refractivity contribution is -0.107. The fourth-order valence-corrected chi connectivity index (χ4v) is 1.75. The third-order valence-electron chi connectivity index (χ3n) is 1.63. The predicted octanol–water partition coefficient (Wildman–Crippen LogP) is 3.78. The van der Waals surface area contributed by atoms with Gasteiger partial charge in [-0.15, -0.1) is 0 Å². The Morgan fingerprint density at radius 2 is 1.87 bits per heavy atom. The number of rotatable bonds is 3. The van der Waals surface area contributed by atoms with Gasteiger partial charge in [0, 0.05) is 0 Å². The summed E-state index contributed by atoms with van der Waals surface area (Å²) in [6, 6.07) is 3.26. The number of hydrogen-bond acceptors (Lipinski definition) is 2. The van der Waals surface area contributed by atoms with Crippen molar-refractivity contribution < 1.29 is 9.53 Å². The lowest BCUT2D eigenvalue weighted by Crippen LogP contribution is -1.87. The van der Waals surface area contributed by atoms with Gasteiger partial charge in [-0.2, -0.15) is 0 Å². The molecule has 5 heteroatoms. The Morgan fingerprint density at radius 3 is 2.27 bits per heavy atom. The number of carbonyl (C=O) groups is 1. The van der Waals surface area contributed by atoms with Crippen LogP contribution in [0.3, 0.4) is 0 Å². The molecule has 1 aromatic carbocycles. The Kier molecular flexibility index (Phi) is 4.45. The SMILES string of the molecule is COc1c(Cl)cc(/C=C/C(=O)Cl)cc1Cl. The van der Waals surface area contributed by atoms with Gasteiger partial charge in [-0.25, -0.2) is 0 Å². The average Bonchev–Trinajstić information content (AvgIpc) is 2.14. The summed E-state index contributed by atoms with van der Waals surface area (Å²) in [7, 11) is 1.48. The molecule has 0 heterocycles. The number of ether oxygens (including phenoxy) is 1. The molecule has 0 atom stereocenters. The molecule has 0 saturated carbocycles. The molecular formula is C10H7Cl3O2. The Morgan fingerprint density at radius 1 is 1.33 bits per heavy atom. The average molecular weight is 266 g/mol. The van der Waals surface area contributed by atoms with E-state index in [-0.39, 0.29) is 0 Å². The van der Waals surface area contributed by atoms with Crippen molar-refractivity contribution in [2.24, 2.45) is 0 Å². The van der Waals surface area contributed by atoms with Gasteiger partial charge >= 0.3 is 0 Å². The molecule has 15 heavy (non-hydrogen) atoms. The molecule has 0 aliphatic rings. The third-order valence-corrected chi connectivity index (χ3v) is 2.32. The zero-order valence-electron chi connectivity index (χ0n) is 7.76. The topological polar surface area (TPSA) is 26.3 Å². The second kappa shape index (κ2) is 5.40. The molecule has 80 valence electrons. The van der Waals surface area contributed by atoms with Crippen molar-refractivity contribution in [3.05, 3.63) is 33.8 Å². The van der Waals surface area contributed by atoms with Crippen LogP contribution in [0.1, 0.15) is 5.56 Å². The molecule has 2 nitrogen and oxygen atoms in total. The van der Waals surface area contributed by atoms with E-state index in [1.807, 2.05) is 0 Å². The quantitative estimate of drug-likeness (QED) is 0.614. The first-order chi connectivity index (χ1) is 7.04. The van der Waals surface area contributed by atoms with Crippen molar-refractivity contribution in [1.82, 2.24) is 0 Å². The van der Waals surface area contributed by atoms with Gasteiger partial charge in [-0.05, 0) is 35.4 Å². The summed E-state index contributed by atoms with van der Waals surface area (Å²) in [5.74, 6) is 0.410. The predicted molar refractivity (Wildman–Crippen MR) is 62.9 cm³/mol. The van der Waals surface area contributed by atoms with Gasteiger partial charge in [-0.3, -0.25) is 4.79 Å². The molecule has 1 aromatic rings. The maximum absolute atomic E-state index is 10.5. The summed E-state index contributed by atoms with van der Waals surface area (Å²) in [5.41, 5.74) is 0.680. The molecule has 0 unspecified atom stereocenters. The van der Waals surface area contributed by atoms with Gasteiger partial charge in [-0.1, -0.05) is 29.3 Å². The second-order valence-electron chi connectivity index (χ2n) is 2.66. The molecule has 0 bridgehead atoms. The van der Waals surface area contributed by atoms with Crippen LogP contribution in [-0.4, -0.2) is 12.4 Å². The van der Waals surface area contributed by atoms with Crippen LogP contribution in [0.4, 0.5) is 0 Å². The number of allylic oxidation sites excluding steroid dienone is 1. The molecule has 0 aromatic heterocycles. The van der Waals surface area contributed by atoms with E-state index < -0.39 is 5.24 Å². The van der Waals surface area contributed by atoms with Crippen LogP contribution in [0, 0.1) is 0 Å². The molecule has 0 aliphatic heterocycles. The van der Waals surface area contributed by atoms with Crippen LogP contribution in [0.2, 0.25) is 10.0 Å². The number of methoxy groups -OCH3 is 1. The maximum atomic E-state index is 10.5. The fraction of sp³-hybridized carbons (Fsp3) is 0.100. The summed E-state index contributed by atoms with van der Waals surface area (Å²) in [6.45, 7) is 0. The molecular weight excluding hydrogens is 258 g/mol. The molecule has 1 rings (SSSR count). The van der Waals surface area contributed by atoms with Crippen LogP contribution < -0.4 is 4.74 Å². The van der Waals surface area contributed by atoms with Crippen LogP contribution in [0.5, 0.6) is 5.75 Å². The number of halogens is 3. The summed E-state index contributed by atoms with van der Waals surface area (Å²) >= 11 is 16.9. The monoisotopic (exact) mass is 264 g/mol. The van der Waals surface area contributed by atoms with Gasteiger partial charge in [0.1, 0.15) is 0 Å². The van der Waals surface area contributed by atoms with Crippen molar-refractivity contribution in [3.8, 4) is 5.75 Å². The zero-order valence-corrected chi connectivity index (χ0v) is 10.0. The van der Waals surface area contributed by atoms with E-state index in [1.54, 1.807) is 12.1 Å². The molecule has 0 amide bonds. The standard InChI is InChI=1S/C10H7Cl3O2/c1-15-10-7(11)4-6(5-8(10)12)2-3-9(13)14/h2-5H,1H3/b3-2+. The van der Waals surface area contributed by atoms with Crippen LogP contribution in [0.15, 0.2) is 18.2 Å². The highest BCUT2D eigenvalue weighted by molar-refractivity contribution is 6.66. The third kappa shape index (κ3) is 3.42. The van der Waals surface area contributed by atoms with Crippen LogP contribution in [0.25, 0.3) is 6.08 Å². The zero-order chi connectivity index (χ0) is 11.4. The number of benzene rings is 1. The van der Waals surface area contributed by atoms with E-state index in [9.17, 15) is 4.79 Å². The van der Waals surface area contributed by atoms with E-state index in [0.717, 1.165) is 0 Å². The van der Waals surface area contributed by atoms with Crippen molar-refractivity contribution in [1.29, 1.82) is 0 Å². The Hall–Kier alpha value is -0.700. The highest BCUT2D eigenvalue weighted by atomic mass is 35.5. The van der Waals surface area contributed by atoms with E-state index in [1.165, 1.54) is 19.3 Å². The summed E-state index contributed by atoms with van der Waals surface area (Å²) in [6.07, 6.45) is 2.74. The van der Waals surface area contributed by atoms with Gasteiger partial charge in [0.2, 0.25) is 5.24 Å². The van der Waals surface area contributed by atoms with E-state index in [2.05, 4.69) is 0 Å². The molecule has 0 fully saturated rings. The minimum absolute atomic E-state index is 0.381. The smallest absolute Gasteiger partial charge is 0.245 e. The Labute approximate surface area is 102 Å². The Bertz CT molecular complexity index is 390. The first-order valence-corrected chi connectivity index (χ1v) is 5.08. The van der Waals surface area contributed by atoms with Crippen molar-refractivity contribution in [2.75, 3.05) is 7.11 Å². The van der Waals surface area contributed by atoms with Gasteiger partial charge in [0.15, 0.2) is 5.75 Å². The minimum atomic E-state index is -0.557.